The van der Waals surface area contributed by atoms with Gasteiger partial charge in [-0.2, -0.15) is 0 Å². The minimum Gasteiger partial charge on any atom is -0.465 e. The standard InChI is InChI=1S/C15H17F2N3O3S/c1-4-5-23-15(22)13(8(2)3)24-12-6-9(14(21)19-20-18)10(16)7-11(12)17/h6-8,13H,4-5H2,1-3H3. The third-order valence-electron chi connectivity index (χ3n) is 2.93. The summed E-state index contributed by atoms with van der Waals surface area (Å²) < 4.78 is 32.7. The predicted molar refractivity (Wildman–Crippen MR) is 85.6 cm³/mol. The Bertz CT molecular complexity index is 676. The highest BCUT2D eigenvalue weighted by Gasteiger charge is 2.27. The fraction of sp³-hybridized carbons (Fsp3) is 0.467. The highest BCUT2D eigenvalue weighted by atomic mass is 32.2. The molecule has 0 heterocycles. The molecule has 0 aliphatic heterocycles. The maximum Gasteiger partial charge on any atom is 0.319 e. The first kappa shape index (κ1) is 19.9. The van der Waals surface area contributed by atoms with Crippen molar-refractivity contribution < 1.29 is 23.1 Å². The second-order valence-electron chi connectivity index (χ2n) is 5.21. The summed E-state index contributed by atoms with van der Waals surface area (Å²) in [6, 6.07) is 1.46. The van der Waals surface area contributed by atoms with Gasteiger partial charge in [-0.3, -0.25) is 9.59 Å². The minimum absolute atomic E-state index is 0.0972. The van der Waals surface area contributed by atoms with Crippen molar-refractivity contribution in [3.63, 3.8) is 0 Å². The van der Waals surface area contributed by atoms with Crippen LogP contribution in [0, 0.1) is 17.6 Å². The number of rotatable bonds is 7. The van der Waals surface area contributed by atoms with E-state index in [9.17, 15) is 18.4 Å². The van der Waals surface area contributed by atoms with Gasteiger partial charge in [-0.05, 0) is 29.1 Å². The molecule has 1 aromatic rings. The highest BCUT2D eigenvalue weighted by molar-refractivity contribution is 8.00. The molecule has 1 aromatic carbocycles. The molecule has 0 aliphatic rings. The van der Waals surface area contributed by atoms with E-state index in [0.717, 1.165) is 17.8 Å². The molecule has 1 amide bonds. The molecule has 24 heavy (non-hydrogen) atoms. The molecule has 6 nitrogen and oxygen atoms in total. The summed E-state index contributed by atoms with van der Waals surface area (Å²) >= 11 is 0.837. The maximum absolute atomic E-state index is 14.0. The molecule has 0 radical (unpaired) electrons. The van der Waals surface area contributed by atoms with Crippen LogP contribution in [0.25, 0.3) is 10.4 Å². The Labute approximate surface area is 142 Å². The summed E-state index contributed by atoms with van der Waals surface area (Å²) in [6.45, 7) is 5.61. The van der Waals surface area contributed by atoms with Gasteiger partial charge in [0.05, 0.1) is 12.2 Å². The highest BCUT2D eigenvalue weighted by Crippen LogP contribution is 2.33. The average Bonchev–Trinajstić information content (AvgIpc) is 2.51. The number of thioether (sulfide) groups is 1. The normalized spacial score (nSPS) is 11.8. The van der Waals surface area contributed by atoms with E-state index < -0.39 is 34.3 Å². The van der Waals surface area contributed by atoms with Gasteiger partial charge in [0, 0.05) is 15.9 Å². The van der Waals surface area contributed by atoms with E-state index in [1.54, 1.807) is 13.8 Å². The van der Waals surface area contributed by atoms with Gasteiger partial charge in [0.15, 0.2) is 0 Å². The van der Waals surface area contributed by atoms with E-state index in [4.69, 9.17) is 10.3 Å². The number of benzene rings is 1. The van der Waals surface area contributed by atoms with Crippen LogP contribution in [0.5, 0.6) is 0 Å². The molecule has 0 aromatic heterocycles. The summed E-state index contributed by atoms with van der Waals surface area (Å²) in [6.07, 6.45) is 0.650. The molecule has 0 saturated heterocycles. The van der Waals surface area contributed by atoms with Gasteiger partial charge >= 0.3 is 5.97 Å². The van der Waals surface area contributed by atoms with Crippen molar-refractivity contribution >= 4 is 23.6 Å². The quantitative estimate of drug-likeness (QED) is 0.236. The third kappa shape index (κ3) is 5.21. The summed E-state index contributed by atoms with van der Waals surface area (Å²) in [7, 11) is 0. The number of ether oxygens (including phenoxy) is 1. The topological polar surface area (TPSA) is 92.1 Å². The van der Waals surface area contributed by atoms with E-state index in [1.807, 2.05) is 6.92 Å². The number of azide groups is 1. The van der Waals surface area contributed by atoms with Crippen LogP contribution < -0.4 is 0 Å². The molecule has 0 spiro atoms. The van der Waals surface area contributed by atoms with Gasteiger partial charge in [-0.25, -0.2) is 8.78 Å². The molecule has 0 fully saturated rings. The van der Waals surface area contributed by atoms with E-state index >= 15 is 0 Å². The number of hydrogen-bond acceptors (Lipinski definition) is 4. The van der Waals surface area contributed by atoms with E-state index in [0.29, 0.717) is 12.5 Å². The van der Waals surface area contributed by atoms with Crippen LogP contribution >= 0.6 is 11.8 Å². The fourth-order valence-corrected chi connectivity index (χ4v) is 2.82. The van der Waals surface area contributed by atoms with E-state index in [2.05, 4.69) is 10.0 Å². The Morgan fingerprint density at radius 2 is 2.00 bits per heavy atom. The maximum atomic E-state index is 14.0. The first-order chi connectivity index (χ1) is 11.3. The lowest BCUT2D eigenvalue weighted by molar-refractivity contribution is -0.143. The Morgan fingerprint density at radius 1 is 1.33 bits per heavy atom. The largest absolute Gasteiger partial charge is 0.465 e. The molecule has 0 bridgehead atoms. The van der Waals surface area contributed by atoms with Crippen molar-refractivity contribution in [1.82, 2.24) is 0 Å². The lowest BCUT2D eigenvalue weighted by atomic mass is 10.1. The monoisotopic (exact) mass is 357 g/mol. The van der Waals surface area contributed by atoms with Crippen molar-refractivity contribution in [2.45, 2.75) is 37.3 Å². The fourth-order valence-electron chi connectivity index (χ4n) is 1.76. The van der Waals surface area contributed by atoms with Gasteiger partial charge in [-0.1, -0.05) is 20.8 Å². The van der Waals surface area contributed by atoms with Crippen molar-refractivity contribution in [2.75, 3.05) is 6.61 Å². The van der Waals surface area contributed by atoms with Crippen LogP contribution in [0.4, 0.5) is 8.78 Å². The molecule has 0 aliphatic carbocycles. The predicted octanol–water partition coefficient (Wildman–Crippen LogP) is 4.49. The van der Waals surface area contributed by atoms with Crippen LogP contribution in [-0.4, -0.2) is 23.7 Å². The molecule has 130 valence electrons. The zero-order valence-corrected chi connectivity index (χ0v) is 14.3. The zero-order chi connectivity index (χ0) is 18.3. The van der Waals surface area contributed by atoms with Crippen molar-refractivity contribution in [3.8, 4) is 0 Å². The first-order valence-corrected chi connectivity index (χ1v) is 8.11. The third-order valence-corrected chi connectivity index (χ3v) is 4.49. The van der Waals surface area contributed by atoms with Gasteiger partial charge in [0.2, 0.25) is 0 Å². The van der Waals surface area contributed by atoms with Crippen LogP contribution in [0.2, 0.25) is 0 Å². The summed E-state index contributed by atoms with van der Waals surface area (Å²) in [5.74, 6) is -3.90. The van der Waals surface area contributed by atoms with E-state index in [1.165, 1.54) is 0 Å². The minimum atomic E-state index is -1.16. The number of esters is 1. The van der Waals surface area contributed by atoms with E-state index in [-0.39, 0.29) is 17.4 Å². The summed E-state index contributed by atoms with van der Waals surface area (Å²) in [5, 5.41) is 2.07. The number of amides is 1. The van der Waals surface area contributed by atoms with Gasteiger partial charge in [0.1, 0.15) is 16.9 Å². The van der Waals surface area contributed by atoms with Crippen molar-refractivity contribution in [3.05, 3.63) is 39.8 Å². The summed E-state index contributed by atoms with van der Waals surface area (Å²) in [5.41, 5.74) is 7.71. The Kier molecular flexibility index (Phi) is 7.67. The SMILES string of the molecule is CCCOC(=O)C(Sc1cc(C(=O)N=[N+]=[N-])c(F)cc1F)C(C)C. The summed E-state index contributed by atoms with van der Waals surface area (Å²) in [4.78, 5) is 25.8. The van der Waals surface area contributed by atoms with Gasteiger partial charge in [-0.15, -0.1) is 11.8 Å². The average molecular weight is 357 g/mol. The van der Waals surface area contributed by atoms with Crippen LogP contribution in [-0.2, 0) is 9.53 Å². The molecule has 1 rings (SSSR count). The van der Waals surface area contributed by atoms with Crippen LogP contribution in [0.3, 0.4) is 0 Å². The number of carbonyl (C=O) groups is 2. The molecule has 0 N–H and O–H groups in total. The number of hydrogen-bond donors (Lipinski definition) is 0. The van der Waals surface area contributed by atoms with Gasteiger partial charge in [0.25, 0.3) is 5.91 Å². The molecular formula is C15H17F2N3O3S. The Morgan fingerprint density at radius 3 is 2.54 bits per heavy atom. The second-order valence-corrected chi connectivity index (χ2v) is 6.39. The van der Waals surface area contributed by atoms with Crippen molar-refractivity contribution in [2.24, 2.45) is 11.0 Å². The number of halogens is 2. The van der Waals surface area contributed by atoms with Gasteiger partial charge < -0.3 is 4.74 Å². The number of carbonyl (C=O) groups excluding carboxylic acids is 2. The Balaban J connectivity index is 3.15. The van der Waals surface area contributed by atoms with Crippen LogP contribution in [0.1, 0.15) is 37.6 Å². The molecule has 1 unspecified atom stereocenters. The first-order valence-electron chi connectivity index (χ1n) is 7.23. The number of nitrogens with zero attached hydrogens (tertiary/aromatic N) is 3. The molecule has 1 atom stereocenters. The molecule has 0 saturated carbocycles. The van der Waals surface area contributed by atoms with Crippen molar-refractivity contribution in [1.29, 1.82) is 0 Å². The lowest BCUT2D eigenvalue weighted by Crippen LogP contribution is -2.26. The zero-order valence-electron chi connectivity index (χ0n) is 13.5. The Hall–Kier alpha value is -2.12. The van der Waals surface area contributed by atoms with Crippen LogP contribution in [0.15, 0.2) is 22.1 Å². The molecular weight excluding hydrogens is 340 g/mol. The lowest BCUT2D eigenvalue weighted by Gasteiger charge is -2.19. The molecule has 9 heteroatoms. The smallest absolute Gasteiger partial charge is 0.319 e. The second kappa shape index (κ2) is 9.24.